The van der Waals surface area contributed by atoms with E-state index in [0.717, 1.165) is 12.1 Å². The van der Waals surface area contributed by atoms with Gasteiger partial charge in [0.05, 0.1) is 11.2 Å². The molecule has 2 aromatic heterocycles. The molecule has 19 heavy (non-hydrogen) atoms. The molecule has 0 radical (unpaired) electrons. The van der Waals surface area contributed by atoms with Gasteiger partial charge in [-0.3, -0.25) is 4.98 Å². The van der Waals surface area contributed by atoms with Crippen LogP contribution in [0.5, 0.6) is 11.6 Å². The van der Waals surface area contributed by atoms with E-state index in [1.807, 2.05) is 18.2 Å². The van der Waals surface area contributed by atoms with Gasteiger partial charge in [-0.15, -0.1) is 0 Å². The van der Waals surface area contributed by atoms with E-state index in [1.165, 1.54) is 12.8 Å². The summed E-state index contributed by atoms with van der Waals surface area (Å²) in [6, 6.07) is 6.17. The molecule has 0 unspecified atom stereocenters. The van der Waals surface area contributed by atoms with E-state index in [-0.39, 0.29) is 0 Å². The van der Waals surface area contributed by atoms with Gasteiger partial charge in [0, 0.05) is 31.0 Å². The van der Waals surface area contributed by atoms with Crippen molar-refractivity contribution in [3.8, 4) is 11.6 Å². The van der Waals surface area contributed by atoms with Crippen LogP contribution in [0.25, 0.3) is 0 Å². The molecule has 2 aromatic rings. The maximum Gasteiger partial charge on any atom is 0.219 e. The van der Waals surface area contributed by atoms with Crippen LogP contribution in [-0.4, -0.2) is 16.0 Å². The molecule has 1 aliphatic rings. The molecule has 5 heteroatoms. The van der Waals surface area contributed by atoms with Crippen LogP contribution in [0.2, 0.25) is 5.02 Å². The van der Waals surface area contributed by atoms with E-state index >= 15 is 0 Å². The minimum absolute atomic E-state index is 0.532. The summed E-state index contributed by atoms with van der Waals surface area (Å²) in [6.45, 7) is 0.745. The van der Waals surface area contributed by atoms with Crippen LogP contribution in [0.1, 0.15) is 18.4 Å². The van der Waals surface area contributed by atoms with Crippen molar-refractivity contribution in [2.24, 2.45) is 0 Å². The summed E-state index contributed by atoms with van der Waals surface area (Å²) >= 11 is 6.13. The van der Waals surface area contributed by atoms with E-state index in [2.05, 4.69) is 15.3 Å². The second-order valence-electron chi connectivity index (χ2n) is 4.56. The smallest absolute Gasteiger partial charge is 0.219 e. The molecule has 98 valence electrons. The second-order valence-corrected chi connectivity index (χ2v) is 4.97. The number of ether oxygens (including phenoxy) is 1. The van der Waals surface area contributed by atoms with E-state index in [4.69, 9.17) is 16.3 Å². The largest absolute Gasteiger partial charge is 0.437 e. The Hall–Kier alpha value is -1.65. The zero-order valence-electron chi connectivity index (χ0n) is 10.3. The molecule has 1 aliphatic carbocycles. The maximum atomic E-state index is 6.13. The molecule has 1 N–H and O–H groups in total. The Morgan fingerprint density at radius 1 is 1.37 bits per heavy atom. The topological polar surface area (TPSA) is 47.0 Å². The quantitative estimate of drug-likeness (QED) is 0.910. The number of rotatable bonds is 5. The molecule has 1 saturated carbocycles. The lowest BCUT2D eigenvalue weighted by atomic mass is 10.2. The van der Waals surface area contributed by atoms with Gasteiger partial charge in [-0.25, -0.2) is 4.98 Å². The van der Waals surface area contributed by atoms with Crippen molar-refractivity contribution >= 4 is 11.6 Å². The van der Waals surface area contributed by atoms with Crippen molar-refractivity contribution in [1.29, 1.82) is 0 Å². The van der Waals surface area contributed by atoms with Crippen LogP contribution in [0, 0.1) is 0 Å². The van der Waals surface area contributed by atoms with E-state index in [0.29, 0.717) is 22.7 Å². The summed E-state index contributed by atoms with van der Waals surface area (Å²) in [5.41, 5.74) is 1.00. The van der Waals surface area contributed by atoms with Gasteiger partial charge in [-0.1, -0.05) is 11.6 Å². The van der Waals surface area contributed by atoms with Crippen molar-refractivity contribution in [2.75, 3.05) is 0 Å². The van der Waals surface area contributed by atoms with Gasteiger partial charge in [0.2, 0.25) is 5.88 Å². The number of nitrogens with one attached hydrogen (secondary N) is 1. The molecule has 0 atom stereocenters. The zero-order chi connectivity index (χ0) is 13.1. The normalized spacial score (nSPS) is 14.4. The summed E-state index contributed by atoms with van der Waals surface area (Å²) in [4.78, 5) is 8.16. The lowest BCUT2D eigenvalue weighted by Gasteiger charge is -2.08. The number of hydrogen-bond donors (Lipinski definition) is 1. The van der Waals surface area contributed by atoms with Crippen LogP contribution in [0.15, 0.2) is 36.8 Å². The number of aromatic nitrogens is 2. The van der Waals surface area contributed by atoms with Gasteiger partial charge in [0.15, 0.2) is 0 Å². The fourth-order valence-electron chi connectivity index (χ4n) is 1.72. The second kappa shape index (κ2) is 5.55. The molecule has 0 saturated heterocycles. The van der Waals surface area contributed by atoms with Crippen molar-refractivity contribution < 1.29 is 4.74 Å². The molecule has 0 aliphatic heterocycles. The third-order valence-electron chi connectivity index (χ3n) is 2.92. The van der Waals surface area contributed by atoms with Crippen molar-refractivity contribution in [3.63, 3.8) is 0 Å². The van der Waals surface area contributed by atoms with Crippen LogP contribution in [0.4, 0.5) is 0 Å². The minimum Gasteiger partial charge on any atom is -0.437 e. The Balaban J connectivity index is 1.72. The first kappa shape index (κ1) is 12.4. The van der Waals surface area contributed by atoms with Gasteiger partial charge in [0.1, 0.15) is 5.75 Å². The average molecular weight is 276 g/mol. The summed E-state index contributed by atoms with van der Waals surface area (Å²) in [5, 5.41) is 4.08. The van der Waals surface area contributed by atoms with Crippen molar-refractivity contribution in [1.82, 2.24) is 15.3 Å². The number of nitrogens with zero attached hydrogens (tertiary/aromatic N) is 2. The number of halogens is 1. The predicted octanol–water partition coefficient (Wildman–Crippen LogP) is 3.17. The Labute approximate surface area is 116 Å². The van der Waals surface area contributed by atoms with Gasteiger partial charge < -0.3 is 10.1 Å². The third-order valence-corrected chi connectivity index (χ3v) is 3.27. The molecule has 2 heterocycles. The molecule has 3 rings (SSSR count). The number of pyridine rings is 2. The monoisotopic (exact) mass is 275 g/mol. The molecular weight excluding hydrogens is 262 g/mol. The first-order valence-electron chi connectivity index (χ1n) is 6.27. The van der Waals surface area contributed by atoms with E-state index in [1.54, 1.807) is 18.6 Å². The maximum absolute atomic E-state index is 6.13. The average Bonchev–Trinajstić information content (AvgIpc) is 3.25. The molecule has 0 bridgehead atoms. The standard InChI is InChI=1S/C14H14ClN3O/c15-13-9-18-14(19-12-2-1-5-16-8-12)6-10(13)7-17-11-3-4-11/h1-2,5-6,8-9,11,17H,3-4,7H2. The Morgan fingerprint density at radius 3 is 3.00 bits per heavy atom. The molecule has 0 spiro atoms. The highest BCUT2D eigenvalue weighted by Crippen LogP contribution is 2.25. The van der Waals surface area contributed by atoms with Gasteiger partial charge in [0.25, 0.3) is 0 Å². The van der Waals surface area contributed by atoms with Gasteiger partial charge >= 0.3 is 0 Å². The molecule has 0 aromatic carbocycles. The molecule has 1 fully saturated rings. The lowest BCUT2D eigenvalue weighted by Crippen LogP contribution is -2.15. The fourth-order valence-corrected chi connectivity index (χ4v) is 1.89. The Bertz CT molecular complexity index is 558. The summed E-state index contributed by atoms with van der Waals surface area (Å²) in [6.07, 6.45) is 7.48. The highest BCUT2D eigenvalue weighted by molar-refractivity contribution is 6.31. The Morgan fingerprint density at radius 2 is 2.26 bits per heavy atom. The van der Waals surface area contributed by atoms with Crippen LogP contribution < -0.4 is 10.1 Å². The van der Waals surface area contributed by atoms with Gasteiger partial charge in [-0.05, 0) is 30.5 Å². The van der Waals surface area contributed by atoms with Crippen LogP contribution in [-0.2, 0) is 6.54 Å². The zero-order valence-corrected chi connectivity index (χ0v) is 11.1. The highest BCUT2D eigenvalue weighted by Gasteiger charge is 2.20. The first-order chi connectivity index (χ1) is 9.31. The van der Waals surface area contributed by atoms with Crippen molar-refractivity contribution in [2.45, 2.75) is 25.4 Å². The SMILES string of the molecule is Clc1cnc(Oc2cccnc2)cc1CNC1CC1. The lowest BCUT2D eigenvalue weighted by molar-refractivity contribution is 0.459. The van der Waals surface area contributed by atoms with E-state index < -0.39 is 0 Å². The number of hydrogen-bond acceptors (Lipinski definition) is 4. The molecule has 0 amide bonds. The summed E-state index contributed by atoms with van der Waals surface area (Å²) < 4.78 is 5.64. The summed E-state index contributed by atoms with van der Waals surface area (Å²) in [5.74, 6) is 1.20. The molecule has 4 nitrogen and oxygen atoms in total. The highest BCUT2D eigenvalue weighted by atomic mass is 35.5. The van der Waals surface area contributed by atoms with E-state index in [9.17, 15) is 0 Å². The predicted molar refractivity (Wildman–Crippen MR) is 73.4 cm³/mol. The van der Waals surface area contributed by atoms with Crippen molar-refractivity contribution in [3.05, 3.63) is 47.4 Å². The first-order valence-corrected chi connectivity index (χ1v) is 6.65. The summed E-state index contributed by atoms with van der Waals surface area (Å²) in [7, 11) is 0. The Kier molecular flexibility index (Phi) is 3.62. The fraction of sp³-hybridized carbons (Fsp3) is 0.286. The molecular formula is C14H14ClN3O. The minimum atomic E-state index is 0.532. The van der Waals surface area contributed by atoms with Gasteiger partial charge in [-0.2, -0.15) is 0 Å². The van der Waals surface area contributed by atoms with Crippen LogP contribution in [0.3, 0.4) is 0 Å². The third kappa shape index (κ3) is 3.43. The van der Waals surface area contributed by atoms with Crippen LogP contribution >= 0.6 is 11.6 Å².